The van der Waals surface area contributed by atoms with Crippen LogP contribution >= 0.6 is 15.6 Å². The van der Waals surface area contributed by atoms with Crippen LogP contribution in [0.15, 0.2) is 0 Å². The number of rotatable bonds is 77. The number of aliphatic hydroxyl groups is 1. The number of aliphatic hydroxyl groups excluding tert-OH is 1. The summed E-state index contributed by atoms with van der Waals surface area (Å²) in [5, 5.41) is 10.6. The Bertz CT molecular complexity index is 1900. The van der Waals surface area contributed by atoms with Crippen LogP contribution in [0.1, 0.15) is 408 Å². The van der Waals surface area contributed by atoms with Crippen LogP contribution in [0.25, 0.3) is 0 Å². The highest BCUT2D eigenvalue weighted by Crippen LogP contribution is 2.45. The highest BCUT2D eigenvalue weighted by Gasteiger charge is 2.30. The standard InChI is InChI=1S/C79H154O17P2/c1-8-9-10-11-12-13-14-25-32-39-46-53-60-76(81)89-67-75(96-79(84)63-56-49-42-35-28-31-38-45-52-59-72(6)7)69-94-98(87,88)92-65-73(80)64-91-97(85,86)93-68-74(95-78(83)62-55-48-41-34-27-22-18-16-20-24-30-37-44-51-58-71(4)5)66-90-77(82)61-54-47-40-33-26-21-17-15-19-23-29-36-43-50-57-70(2)3/h70-75,80H,8-69H2,1-7H3,(H,85,86)(H,87,88)/t73-,74-,75-/m1/s1. The maximum Gasteiger partial charge on any atom is 0.472 e. The molecule has 0 saturated carbocycles. The summed E-state index contributed by atoms with van der Waals surface area (Å²) in [6, 6.07) is 0. The van der Waals surface area contributed by atoms with Crippen molar-refractivity contribution >= 4 is 39.5 Å². The average molecular weight is 1440 g/mol. The molecule has 0 fully saturated rings. The minimum absolute atomic E-state index is 0.106. The van der Waals surface area contributed by atoms with E-state index in [1.807, 2.05) is 0 Å². The van der Waals surface area contributed by atoms with Gasteiger partial charge in [-0.05, 0) is 43.4 Å². The van der Waals surface area contributed by atoms with Crippen molar-refractivity contribution in [3.05, 3.63) is 0 Å². The largest absolute Gasteiger partial charge is 0.472 e. The SMILES string of the molecule is CCCCCCCCCCCCCCC(=O)OC[C@H](COP(=O)(O)OC[C@H](O)COP(=O)(O)OC[C@@H](COC(=O)CCCCCCCCCCCCCCCCC(C)C)OC(=O)CCCCCCCCCCCCCCCCC(C)C)OC(=O)CCCCCCCCCCCC(C)C. The second kappa shape index (κ2) is 69.4. The zero-order valence-electron chi connectivity index (χ0n) is 64.3. The molecule has 0 heterocycles. The summed E-state index contributed by atoms with van der Waals surface area (Å²) < 4.78 is 68.7. The Labute approximate surface area is 600 Å². The molecule has 2 unspecified atom stereocenters. The first-order valence-electron chi connectivity index (χ1n) is 40.8. The Morgan fingerprint density at radius 3 is 0.694 bits per heavy atom. The molecule has 19 heteroatoms. The van der Waals surface area contributed by atoms with Gasteiger partial charge in [-0.1, -0.05) is 357 Å². The fourth-order valence-corrected chi connectivity index (χ4v) is 13.7. The summed E-state index contributed by atoms with van der Waals surface area (Å²) in [4.78, 5) is 73.0. The molecule has 0 radical (unpaired) electrons. The topological polar surface area (TPSA) is 237 Å². The molecule has 0 aliphatic carbocycles. The molecule has 3 N–H and O–H groups in total. The molecule has 98 heavy (non-hydrogen) atoms. The van der Waals surface area contributed by atoms with Gasteiger partial charge in [0.05, 0.1) is 26.4 Å². The predicted octanol–water partition coefficient (Wildman–Crippen LogP) is 23.4. The first-order valence-corrected chi connectivity index (χ1v) is 43.8. The van der Waals surface area contributed by atoms with Crippen LogP contribution in [0, 0.1) is 17.8 Å². The van der Waals surface area contributed by atoms with E-state index in [1.165, 1.54) is 218 Å². The van der Waals surface area contributed by atoms with Gasteiger partial charge in [-0.2, -0.15) is 0 Å². The maximum atomic E-state index is 13.1. The molecule has 0 saturated heterocycles. The number of esters is 4. The lowest BCUT2D eigenvalue weighted by molar-refractivity contribution is -0.161. The summed E-state index contributed by atoms with van der Waals surface area (Å²) in [6.07, 6.45) is 56.8. The third-order valence-electron chi connectivity index (χ3n) is 18.4. The Balaban J connectivity index is 5.25. The zero-order chi connectivity index (χ0) is 72.3. The summed E-state index contributed by atoms with van der Waals surface area (Å²) in [5.74, 6) is 0.218. The van der Waals surface area contributed by atoms with Gasteiger partial charge in [0.2, 0.25) is 0 Å². The van der Waals surface area contributed by atoms with Gasteiger partial charge < -0.3 is 33.8 Å². The molecule has 0 aromatic heterocycles. The van der Waals surface area contributed by atoms with Crippen LogP contribution in [0.3, 0.4) is 0 Å². The molecule has 0 rings (SSSR count). The molecule has 582 valence electrons. The molecule has 0 amide bonds. The predicted molar refractivity (Wildman–Crippen MR) is 400 cm³/mol. The minimum Gasteiger partial charge on any atom is -0.462 e. The second-order valence-corrected chi connectivity index (χ2v) is 32.8. The van der Waals surface area contributed by atoms with E-state index in [-0.39, 0.29) is 25.7 Å². The van der Waals surface area contributed by atoms with Crippen LogP contribution in [-0.2, 0) is 65.4 Å². The number of carbonyl (C=O) groups is 4. The van der Waals surface area contributed by atoms with Crippen molar-refractivity contribution in [1.82, 2.24) is 0 Å². The van der Waals surface area contributed by atoms with Crippen LogP contribution < -0.4 is 0 Å². The summed E-state index contributed by atoms with van der Waals surface area (Å²) in [7, 11) is -9.92. The Morgan fingerprint density at radius 1 is 0.276 bits per heavy atom. The minimum atomic E-state index is -4.96. The monoisotopic (exact) mass is 1440 g/mol. The van der Waals surface area contributed by atoms with E-state index in [9.17, 15) is 43.2 Å². The van der Waals surface area contributed by atoms with Crippen molar-refractivity contribution in [3.8, 4) is 0 Å². The van der Waals surface area contributed by atoms with E-state index in [1.54, 1.807) is 0 Å². The van der Waals surface area contributed by atoms with Gasteiger partial charge in [-0.15, -0.1) is 0 Å². The molecule has 0 aromatic rings. The lowest BCUT2D eigenvalue weighted by Gasteiger charge is -2.21. The van der Waals surface area contributed by atoms with Gasteiger partial charge in [0.1, 0.15) is 19.3 Å². The van der Waals surface area contributed by atoms with Crippen LogP contribution in [0.2, 0.25) is 0 Å². The van der Waals surface area contributed by atoms with Crippen molar-refractivity contribution in [2.45, 2.75) is 426 Å². The highest BCUT2D eigenvalue weighted by molar-refractivity contribution is 7.47. The van der Waals surface area contributed by atoms with Gasteiger partial charge in [0.15, 0.2) is 12.2 Å². The van der Waals surface area contributed by atoms with E-state index in [4.69, 9.17) is 37.0 Å². The lowest BCUT2D eigenvalue weighted by atomic mass is 10.0. The van der Waals surface area contributed by atoms with Gasteiger partial charge in [-0.3, -0.25) is 37.3 Å². The van der Waals surface area contributed by atoms with E-state index in [0.717, 1.165) is 108 Å². The van der Waals surface area contributed by atoms with E-state index >= 15 is 0 Å². The van der Waals surface area contributed by atoms with Gasteiger partial charge in [-0.25, -0.2) is 9.13 Å². The molecule has 0 bridgehead atoms. The molecule has 0 aliphatic rings. The van der Waals surface area contributed by atoms with Crippen molar-refractivity contribution in [3.63, 3.8) is 0 Å². The second-order valence-electron chi connectivity index (χ2n) is 29.9. The first-order chi connectivity index (χ1) is 47.2. The van der Waals surface area contributed by atoms with Gasteiger partial charge in [0.25, 0.3) is 0 Å². The van der Waals surface area contributed by atoms with Crippen LogP contribution in [-0.4, -0.2) is 96.7 Å². The number of hydrogen-bond donors (Lipinski definition) is 3. The zero-order valence-corrected chi connectivity index (χ0v) is 66.0. The molecule has 17 nitrogen and oxygen atoms in total. The molecule has 5 atom stereocenters. The molecular weight excluding hydrogens is 1280 g/mol. The van der Waals surface area contributed by atoms with Gasteiger partial charge >= 0.3 is 39.5 Å². The maximum absolute atomic E-state index is 13.1. The lowest BCUT2D eigenvalue weighted by Crippen LogP contribution is -2.30. The summed E-state index contributed by atoms with van der Waals surface area (Å²) >= 11 is 0. The smallest absolute Gasteiger partial charge is 0.462 e. The van der Waals surface area contributed by atoms with Crippen molar-refractivity contribution in [2.24, 2.45) is 17.8 Å². The van der Waals surface area contributed by atoms with E-state index in [0.29, 0.717) is 25.7 Å². The number of carbonyl (C=O) groups excluding carboxylic acids is 4. The molecule has 0 aromatic carbocycles. The van der Waals surface area contributed by atoms with E-state index in [2.05, 4.69) is 48.5 Å². The number of phosphoric acid groups is 2. The number of ether oxygens (including phenoxy) is 4. The summed E-state index contributed by atoms with van der Waals surface area (Å²) in [5.41, 5.74) is 0. The molecular formula is C79H154O17P2. The van der Waals surface area contributed by atoms with Crippen molar-refractivity contribution < 1.29 is 80.2 Å². The average Bonchev–Trinajstić information content (AvgIpc) is 1.11. The quantitative estimate of drug-likeness (QED) is 0.0222. The number of hydrogen-bond acceptors (Lipinski definition) is 15. The highest BCUT2D eigenvalue weighted by atomic mass is 31.2. The Kier molecular flexibility index (Phi) is 68.1. The number of phosphoric ester groups is 2. The van der Waals surface area contributed by atoms with Gasteiger partial charge in [0, 0.05) is 25.7 Å². The number of unbranched alkanes of at least 4 members (excludes halogenated alkanes) is 45. The van der Waals surface area contributed by atoms with Crippen LogP contribution in [0.5, 0.6) is 0 Å². The first kappa shape index (κ1) is 96.1. The van der Waals surface area contributed by atoms with Crippen LogP contribution in [0.4, 0.5) is 0 Å². The molecule has 0 spiro atoms. The fraction of sp³-hybridized carbons (Fsp3) is 0.949. The fourth-order valence-electron chi connectivity index (χ4n) is 12.1. The third kappa shape index (κ3) is 72.4. The van der Waals surface area contributed by atoms with Crippen molar-refractivity contribution in [2.75, 3.05) is 39.6 Å². The Hall–Kier alpha value is -1.94. The Morgan fingerprint density at radius 2 is 0.469 bits per heavy atom. The molecule has 0 aliphatic heterocycles. The van der Waals surface area contributed by atoms with E-state index < -0.39 is 97.5 Å². The third-order valence-corrected chi connectivity index (χ3v) is 20.3. The summed E-state index contributed by atoms with van der Waals surface area (Å²) in [6.45, 7) is 11.9. The van der Waals surface area contributed by atoms with Crippen molar-refractivity contribution in [1.29, 1.82) is 0 Å². The normalized spacial score (nSPS) is 14.0.